The predicted octanol–water partition coefficient (Wildman–Crippen LogP) is 3.79. The van der Waals surface area contributed by atoms with Crippen LogP contribution in [0.2, 0.25) is 0 Å². The third-order valence-corrected chi connectivity index (χ3v) is 6.97. The molecule has 11 heavy (non-hydrogen) atoms. The number of benzene rings is 1. The van der Waals surface area contributed by atoms with E-state index in [9.17, 15) is 4.39 Å². The van der Waals surface area contributed by atoms with Gasteiger partial charge in [-0.1, -0.05) is 0 Å². The minimum atomic E-state index is -0.931. The van der Waals surface area contributed by atoms with Crippen LogP contribution in [0.15, 0.2) is 18.2 Å². The molecule has 0 aliphatic carbocycles. The van der Waals surface area contributed by atoms with E-state index in [4.69, 9.17) is 0 Å². The molecule has 1 aromatic rings. The van der Waals surface area contributed by atoms with Crippen molar-refractivity contribution in [1.82, 2.24) is 0 Å². The Bertz CT molecular complexity index is 258. The molecule has 0 unspecified atom stereocenters. The summed E-state index contributed by atoms with van der Waals surface area (Å²) in [6, 6.07) is 5.43. The number of hydrogen-bond donors (Lipinski definition) is 0. The van der Waals surface area contributed by atoms with Crippen LogP contribution in [0.25, 0.3) is 0 Å². The van der Waals surface area contributed by atoms with Crippen molar-refractivity contribution in [1.29, 1.82) is 0 Å². The zero-order valence-corrected chi connectivity index (χ0v) is 10.7. The van der Waals surface area contributed by atoms with Crippen LogP contribution in [-0.4, -0.2) is 4.93 Å². The Labute approximate surface area is 83.1 Å². The summed E-state index contributed by atoms with van der Waals surface area (Å²) in [5.41, 5.74) is 0.767. The first-order valence-electron chi connectivity index (χ1n) is 3.14. The molecule has 0 fully saturated rings. The molecule has 0 saturated carbocycles. The number of alkyl halides is 1. The number of rotatable bonds is 1. The van der Waals surface area contributed by atoms with Gasteiger partial charge in [0, 0.05) is 0 Å². The van der Waals surface area contributed by atoms with E-state index in [1.54, 1.807) is 6.07 Å². The van der Waals surface area contributed by atoms with Crippen molar-refractivity contribution < 1.29 is 4.39 Å². The fourth-order valence-electron chi connectivity index (χ4n) is 0.770. The molecule has 3 heteroatoms. The molecule has 0 aliphatic heterocycles. The van der Waals surface area contributed by atoms with Gasteiger partial charge in [-0.3, -0.25) is 0 Å². The van der Waals surface area contributed by atoms with Crippen LogP contribution in [0, 0.1) is 16.3 Å². The van der Waals surface area contributed by atoms with E-state index >= 15 is 0 Å². The van der Waals surface area contributed by atoms with Gasteiger partial charge in [0.15, 0.2) is 0 Å². The van der Waals surface area contributed by atoms with Gasteiger partial charge in [-0.25, -0.2) is 0 Å². The van der Waals surface area contributed by atoms with Gasteiger partial charge in [-0.2, -0.15) is 0 Å². The van der Waals surface area contributed by atoms with Gasteiger partial charge >= 0.3 is 83.9 Å². The fourth-order valence-corrected chi connectivity index (χ4v) is 4.04. The topological polar surface area (TPSA) is 0 Å². The first-order chi connectivity index (χ1) is 5.11. The van der Waals surface area contributed by atoms with Crippen LogP contribution >= 0.6 is 34.5 Å². The maximum absolute atomic E-state index is 12.8. The number of halogens is 3. The van der Waals surface area contributed by atoms with E-state index in [1.807, 2.05) is 19.1 Å². The van der Waals surface area contributed by atoms with Crippen LogP contribution in [0.4, 0.5) is 4.39 Å². The van der Waals surface area contributed by atoms with Crippen molar-refractivity contribution in [2.45, 2.75) is 6.92 Å². The Morgan fingerprint density at radius 1 is 1.45 bits per heavy atom. The molecule has 0 radical (unpaired) electrons. The molecule has 0 aliphatic rings. The van der Waals surface area contributed by atoms with Crippen molar-refractivity contribution in [3.05, 3.63) is 33.1 Å². The van der Waals surface area contributed by atoms with Crippen LogP contribution in [0.5, 0.6) is 0 Å². The van der Waals surface area contributed by atoms with E-state index in [0.29, 0.717) is 0 Å². The molecule has 0 spiro atoms. The second-order valence-corrected chi connectivity index (χ2v) is 14.0. The van der Waals surface area contributed by atoms with Gasteiger partial charge in [-0.15, -0.1) is 0 Å². The first-order valence-corrected chi connectivity index (χ1v) is 12.7. The van der Waals surface area contributed by atoms with Gasteiger partial charge in [0.25, 0.3) is 0 Å². The first kappa shape index (κ1) is 9.70. The third-order valence-electron chi connectivity index (χ3n) is 1.42. The molecule has 62 valence electrons. The normalized spacial score (nSPS) is 11.5. The molecule has 0 atom stereocenters. The molecular formula is C8H9FI2. The molecule has 0 N–H and O–H groups in total. The summed E-state index contributed by atoms with van der Waals surface area (Å²) in [7, 11) is 0. The van der Waals surface area contributed by atoms with Gasteiger partial charge < -0.3 is 0 Å². The van der Waals surface area contributed by atoms with Crippen LogP contribution in [0.3, 0.4) is 0 Å². The van der Waals surface area contributed by atoms with Gasteiger partial charge in [0.1, 0.15) is 0 Å². The molecule has 1 aromatic carbocycles. The monoisotopic (exact) mass is 378 g/mol. The Balaban J connectivity index is 3.05. The molecule has 0 nitrogen and oxygen atoms in total. The fraction of sp³-hybridized carbons (Fsp3) is 0.250. The second-order valence-electron chi connectivity index (χ2n) is 2.30. The van der Waals surface area contributed by atoms with Gasteiger partial charge in [0.2, 0.25) is 0 Å². The SMILES string of the molecule is Cc1cc(I(C)I)ccc1F. The molecule has 0 saturated heterocycles. The van der Waals surface area contributed by atoms with E-state index in [0.717, 1.165) is 5.56 Å². The zero-order chi connectivity index (χ0) is 8.43. The van der Waals surface area contributed by atoms with Crippen LogP contribution in [-0.2, 0) is 0 Å². The molecule has 0 bridgehead atoms. The molecule has 1 rings (SSSR count). The predicted molar refractivity (Wildman–Crippen MR) is 63.8 cm³/mol. The maximum atomic E-state index is 12.8. The zero-order valence-electron chi connectivity index (χ0n) is 6.37. The molecular weight excluding hydrogens is 369 g/mol. The third kappa shape index (κ3) is 2.54. The van der Waals surface area contributed by atoms with Crippen LogP contribution < -0.4 is 0 Å². The van der Waals surface area contributed by atoms with Crippen LogP contribution in [0.1, 0.15) is 5.56 Å². The summed E-state index contributed by atoms with van der Waals surface area (Å²) in [5, 5.41) is 0. The summed E-state index contributed by atoms with van der Waals surface area (Å²) in [6.45, 7) is 1.81. The standard InChI is InChI=1S/C8H9FI2/c1-6-5-7(11(2)10)3-4-8(6)9/h3-5H,1-2H3. The number of aryl methyl sites for hydroxylation is 1. The van der Waals surface area contributed by atoms with Crippen molar-refractivity contribution in [2.75, 3.05) is 4.93 Å². The molecule has 0 aromatic heterocycles. The summed E-state index contributed by atoms with van der Waals surface area (Å²) in [6.07, 6.45) is 0. The summed E-state index contributed by atoms with van der Waals surface area (Å²) in [5.74, 6) is -0.0946. The van der Waals surface area contributed by atoms with Crippen molar-refractivity contribution >= 4 is 34.5 Å². The van der Waals surface area contributed by atoms with E-state index in [2.05, 4.69) is 23.5 Å². The van der Waals surface area contributed by atoms with Gasteiger partial charge in [0.05, 0.1) is 0 Å². The Hall–Kier alpha value is 0.610. The Morgan fingerprint density at radius 3 is 2.55 bits per heavy atom. The van der Waals surface area contributed by atoms with Crippen molar-refractivity contribution in [3.63, 3.8) is 0 Å². The summed E-state index contributed by atoms with van der Waals surface area (Å²) >= 11 is 1.54. The van der Waals surface area contributed by atoms with Crippen molar-refractivity contribution in [2.24, 2.45) is 0 Å². The van der Waals surface area contributed by atoms with Crippen molar-refractivity contribution in [3.8, 4) is 0 Å². The number of hydrogen-bond acceptors (Lipinski definition) is 0. The summed E-state index contributed by atoms with van der Waals surface area (Å²) in [4.78, 5) is 2.25. The Morgan fingerprint density at radius 2 is 2.09 bits per heavy atom. The minimum absolute atomic E-state index is 0.0946. The summed E-state index contributed by atoms with van der Waals surface area (Å²) < 4.78 is 14.1. The molecule has 0 amide bonds. The quantitative estimate of drug-likeness (QED) is 0.516. The van der Waals surface area contributed by atoms with E-state index < -0.39 is 15.8 Å². The van der Waals surface area contributed by atoms with Gasteiger partial charge in [-0.05, 0) is 0 Å². The Kier molecular flexibility index (Phi) is 3.54. The van der Waals surface area contributed by atoms with E-state index in [-0.39, 0.29) is 5.82 Å². The molecule has 0 heterocycles. The average molecular weight is 378 g/mol. The second kappa shape index (κ2) is 4.02. The average Bonchev–Trinajstić information content (AvgIpc) is 1.94. The van der Waals surface area contributed by atoms with E-state index in [1.165, 1.54) is 3.57 Å².